The first kappa shape index (κ1) is 13.4. The van der Waals surface area contributed by atoms with Crippen molar-refractivity contribution in [2.75, 3.05) is 11.0 Å². The Hall–Kier alpha value is -1.63. The first-order valence-electron chi connectivity index (χ1n) is 4.13. The van der Waals surface area contributed by atoms with Gasteiger partial charge in [0.05, 0.1) is 23.6 Å². The number of sulfonamides is 1. The number of rotatable bonds is 4. The highest BCUT2D eigenvalue weighted by molar-refractivity contribution is 7.92. The van der Waals surface area contributed by atoms with Crippen LogP contribution in [0, 0.1) is 11.3 Å². The molecule has 1 rings (SSSR count). The van der Waals surface area contributed by atoms with E-state index in [0.29, 0.717) is 0 Å². The van der Waals surface area contributed by atoms with Gasteiger partial charge in [0.1, 0.15) is 0 Å². The molecule has 1 aromatic carbocycles. The number of nitriles is 1. The number of benzene rings is 1. The highest BCUT2D eigenvalue weighted by Crippen LogP contribution is 2.27. The van der Waals surface area contributed by atoms with Crippen molar-refractivity contribution in [3.63, 3.8) is 0 Å². The zero-order valence-corrected chi connectivity index (χ0v) is 10.2. The van der Waals surface area contributed by atoms with E-state index in [4.69, 9.17) is 9.81 Å². The lowest BCUT2D eigenvalue weighted by molar-refractivity contribution is 0.458. The summed E-state index contributed by atoms with van der Waals surface area (Å²) >= 11 is -2.61. The molecule has 0 aliphatic rings. The Kier molecular flexibility index (Phi) is 4.06. The molecule has 1 aromatic rings. The van der Waals surface area contributed by atoms with Gasteiger partial charge >= 0.3 is 11.4 Å². The molecule has 0 spiro atoms. The predicted octanol–water partition coefficient (Wildman–Crippen LogP) is 0.445. The van der Waals surface area contributed by atoms with Gasteiger partial charge in [0.2, 0.25) is 10.0 Å². The normalized spacial score (nSPS) is 12.5. The van der Waals surface area contributed by atoms with Crippen LogP contribution in [0.5, 0.6) is 5.75 Å². The van der Waals surface area contributed by atoms with Gasteiger partial charge in [-0.25, -0.2) is 8.42 Å². The highest BCUT2D eigenvalue weighted by Gasteiger charge is 2.11. The molecule has 0 aliphatic carbocycles. The molecule has 0 saturated carbocycles. The second-order valence-electron chi connectivity index (χ2n) is 3.00. The molecule has 0 aliphatic heterocycles. The Morgan fingerprint density at radius 1 is 1.53 bits per heavy atom. The van der Waals surface area contributed by atoms with Crippen LogP contribution >= 0.6 is 0 Å². The molecular formula is C8H8N2O5S2. The van der Waals surface area contributed by atoms with Crippen molar-refractivity contribution in [1.82, 2.24) is 0 Å². The summed E-state index contributed by atoms with van der Waals surface area (Å²) < 4.78 is 47.7. The van der Waals surface area contributed by atoms with Gasteiger partial charge in [0, 0.05) is 6.07 Å². The van der Waals surface area contributed by atoms with Crippen molar-refractivity contribution in [3.05, 3.63) is 23.8 Å². The molecule has 0 amide bonds. The fraction of sp³-hybridized carbons (Fsp3) is 0.125. The first-order chi connectivity index (χ1) is 7.81. The van der Waals surface area contributed by atoms with Crippen LogP contribution in [0.4, 0.5) is 5.69 Å². The van der Waals surface area contributed by atoms with Gasteiger partial charge in [0.15, 0.2) is 5.75 Å². The lowest BCUT2D eigenvalue weighted by atomic mass is 10.2. The third-order valence-corrected chi connectivity index (χ3v) is 2.48. The van der Waals surface area contributed by atoms with Crippen LogP contribution < -0.4 is 8.91 Å². The van der Waals surface area contributed by atoms with Gasteiger partial charge in [-0.15, -0.1) is 0 Å². The summed E-state index contributed by atoms with van der Waals surface area (Å²) in [5, 5.41) is 8.64. The fourth-order valence-electron chi connectivity index (χ4n) is 1.02. The molecule has 9 heteroatoms. The topological polar surface area (TPSA) is 116 Å². The van der Waals surface area contributed by atoms with E-state index in [2.05, 4.69) is 8.91 Å². The van der Waals surface area contributed by atoms with E-state index in [1.807, 2.05) is 0 Å². The Morgan fingerprint density at radius 2 is 2.18 bits per heavy atom. The first-order valence-corrected chi connectivity index (χ1v) is 7.05. The Balaban J connectivity index is 3.20. The summed E-state index contributed by atoms with van der Waals surface area (Å²) in [6, 6.07) is 5.56. The minimum absolute atomic E-state index is 0.0195. The van der Waals surface area contributed by atoms with Crippen molar-refractivity contribution in [2.45, 2.75) is 0 Å². The number of nitrogens with zero attached hydrogens (tertiary/aromatic N) is 1. The van der Waals surface area contributed by atoms with Crippen LogP contribution in [-0.2, 0) is 21.4 Å². The quantitative estimate of drug-likeness (QED) is 0.771. The summed E-state index contributed by atoms with van der Waals surface area (Å²) in [4.78, 5) is 0. The third kappa shape index (κ3) is 4.39. The zero-order valence-electron chi connectivity index (χ0n) is 8.58. The van der Waals surface area contributed by atoms with Gasteiger partial charge in [-0.3, -0.25) is 9.27 Å². The summed E-state index contributed by atoms with van der Waals surface area (Å²) in [6.07, 6.45) is 0.922. The zero-order chi connectivity index (χ0) is 13.1. The van der Waals surface area contributed by atoms with Crippen molar-refractivity contribution >= 4 is 27.1 Å². The molecule has 7 nitrogen and oxygen atoms in total. The van der Waals surface area contributed by atoms with Crippen LogP contribution in [0.3, 0.4) is 0 Å². The number of hydrogen-bond donors (Lipinski definition) is 2. The minimum Gasteiger partial charge on any atom is -0.378 e. The smallest absolute Gasteiger partial charge is 0.357 e. The van der Waals surface area contributed by atoms with Gasteiger partial charge in [-0.1, -0.05) is 0 Å². The van der Waals surface area contributed by atoms with Crippen LogP contribution in [-0.4, -0.2) is 23.4 Å². The molecule has 1 unspecified atom stereocenters. The van der Waals surface area contributed by atoms with E-state index in [-0.39, 0.29) is 17.0 Å². The predicted molar refractivity (Wildman–Crippen MR) is 61.0 cm³/mol. The second-order valence-corrected chi connectivity index (χ2v) is 5.35. The van der Waals surface area contributed by atoms with Crippen LogP contribution in [0.15, 0.2) is 18.2 Å². The van der Waals surface area contributed by atoms with E-state index in [1.54, 1.807) is 6.07 Å². The Morgan fingerprint density at radius 3 is 2.65 bits per heavy atom. The highest BCUT2D eigenvalue weighted by atomic mass is 32.2. The molecule has 17 heavy (non-hydrogen) atoms. The fourth-order valence-corrected chi connectivity index (χ4v) is 1.88. The maximum atomic E-state index is 11.0. The van der Waals surface area contributed by atoms with E-state index in [1.165, 1.54) is 12.1 Å². The van der Waals surface area contributed by atoms with E-state index < -0.39 is 21.4 Å². The molecule has 0 fully saturated rings. The SMILES string of the molecule is CS(=O)(=O)Nc1ccc(C#N)cc1OS(=O)O. The standard InChI is InChI=1S/C8H8N2O5S2/c1-17(13,14)10-7-3-2-6(5-9)4-8(7)15-16(11)12/h2-4,10H,1H3,(H,11,12). The molecule has 2 N–H and O–H groups in total. The van der Waals surface area contributed by atoms with E-state index >= 15 is 0 Å². The van der Waals surface area contributed by atoms with Crippen LogP contribution in [0.1, 0.15) is 5.56 Å². The van der Waals surface area contributed by atoms with E-state index in [9.17, 15) is 12.6 Å². The van der Waals surface area contributed by atoms with Crippen molar-refractivity contribution in [1.29, 1.82) is 5.26 Å². The second kappa shape index (κ2) is 5.13. The van der Waals surface area contributed by atoms with Crippen LogP contribution in [0.25, 0.3) is 0 Å². The monoisotopic (exact) mass is 276 g/mol. The molecule has 0 heterocycles. The molecule has 0 aromatic heterocycles. The van der Waals surface area contributed by atoms with Gasteiger partial charge < -0.3 is 4.18 Å². The lowest BCUT2D eigenvalue weighted by Crippen LogP contribution is -2.11. The molecule has 1 atom stereocenters. The van der Waals surface area contributed by atoms with Gasteiger partial charge in [-0.05, 0) is 12.1 Å². The Bertz CT molecular complexity index is 590. The summed E-state index contributed by atoms with van der Waals surface area (Å²) in [7, 11) is -3.55. The average molecular weight is 276 g/mol. The van der Waals surface area contributed by atoms with E-state index in [0.717, 1.165) is 12.3 Å². The van der Waals surface area contributed by atoms with Crippen molar-refractivity contribution in [2.24, 2.45) is 0 Å². The maximum Gasteiger partial charge on any atom is 0.357 e. The summed E-state index contributed by atoms with van der Waals surface area (Å²) in [5.74, 6) is -0.199. The van der Waals surface area contributed by atoms with Crippen molar-refractivity contribution in [3.8, 4) is 11.8 Å². The maximum absolute atomic E-state index is 11.0. The number of hydrogen-bond acceptors (Lipinski definition) is 5. The number of nitrogens with one attached hydrogen (secondary N) is 1. The number of anilines is 1. The van der Waals surface area contributed by atoms with Gasteiger partial charge in [-0.2, -0.15) is 9.47 Å². The summed E-state index contributed by atoms with van der Waals surface area (Å²) in [6.45, 7) is 0. The Labute approximate surface area is 101 Å². The van der Waals surface area contributed by atoms with Gasteiger partial charge in [0.25, 0.3) is 0 Å². The molecule has 0 radical (unpaired) electrons. The van der Waals surface area contributed by atoms with Crippen molar-refractivity contribution < 1.29 is 21.4 Å². The minimum atomic E-state index is -3.55. The molecular weight excluding hydrogens is 268 g/mol. The average Bonchev–Trinajstić information content (AvgIpc) is 2.17. The summed E-state index contributed by atoms with van der Waals surface area (Å²) in [5.41, 5.74) is 0.151. The molecule has 0 bridgehead atoms. The molecule has 0 saturated heterocycles. The lowest BCUT2D eigenvalue weighted by Gasteiger charge is -2.09. The third-order valence-electron chi connectivity index (χ3n) is 1.57. The largest absolute Gasteiger partial charge is 0.378 e. The molecule has 92 valence electrons. The van der Waals surface area contributed by atoms with Crippen LogP contribution in [0.2, 0.25) is 0 Å².